The highest BCUT2D eigenvalue weighted by atomic mass is 19.1. The largest absolute Gasteiger partial charge is 0.619 e. The average Bonchev–Trinajstić information content (AvgIpc) is 3.32. The number of ether oxygens (including phenoxy) is 1. The maximum atomic E-state index is 13.9. The van der Waals surface area contributed by atoms with E-state index in [0.717, 1.165) is 0 Å². The highest BCUT2D eigenvalue weighted by molar-refractivity contribution is 5.95. The lowest BCUT2D eigenvalue weighted by atomic mass is 9.75. The highest BCUT2D eigenvalue weighted by Gasteiger charge is 2.50. The van der Waals surface area contributed by atoms with Crippen molar-refractivity contribution in [3.63, 3.8) is 0 Å². The van der Waals surface area contributed by atoms with Crippen LogP contribution < -0.4 is 10.0 Å². The Labute approximate surface area is 176 Å². The van der Waals surface area contributed by atoms with Gasteiger partial charge in [-0.2, -0.15) is 9.83 Å². The van der Waals surface area contributed by atoms with Crippen LogP contribution in [-0.4, -0.2) is 21.7 Å². The molecule has 0 unspecified atom stereocenters. The predicted octanol–water partition coefficient (Wildman–Crippen LogP) is 2.84. The van der Waals surface area contributed by atoms with Crippen molar-refractivity contribution in [1.29, 1.82) is 0 Å². The van der Waals surface area contributed by atoms with Gasteiger partial charge < -0.3 is 15.3 Å². The van der Waals surface area contributed by atoms with E-state index in [2.05, 4.69) is 10.4 Å². The molecule has 1 spiro atoms. The van der Waals surface area contributed by atoms with E-state index in [1.54, 1.807) is 24.4 Å². The second-order valence-corrected chi connectivity index (χ2v) is 7.90. The van der Waals surface area contributed by atoms with Crippen LogP contribution in [0.5, 0.6) is 0 Å². The number of nitrogens with one attached hydrogen (secondary N) is 1. The first kappa shape index (κ1) is 19.2. The predicted molar refractivity (Wildman–Crippen MR) is 107 cm³/mol. The van der Waals surface area contributed by atoms with Crippen molar-refractivity contribution in [2.24, 2.45) is 5.92 Å². The van der Waals surface area contributed by atoms with Crippen LogP contribution in [0.2, 0.25) is 0 Å². The van der Waals surface area contributed by atoms with Gasteiger partial charge in [-0.15, -0.1) is 0 Å². The van der Waals surface area contributed by atoms with Crippen LogP contribution in [0, 0.1) is 16.9 Å². The number of para-hydroxylation sites is 1. The van der Waals surface area contributed by atoms with Crippen LogP contribution in [0.3, 0.4) is 0 Å². The van der Waals surface area contributed by atoms with E-state index in [4.69, 9.17) is 4.74 Å². The van der Waals surface area contributed by atoms with Crippen LogP contribution in [0.25, 0.3) is 5.69 Å². The first-order valence-electron chi connectivity index (χ1n) is 10.0. The molecule has 1 aromatic carbocycles. The molecule has 1 aliphatic heterocycles. The molecule has 3 aromatic rings. The molecule has 0 bridgehead atoms. The number of fused-ring (bicyclic) bond motifs is 2. The summed E-state index contributed by atoms with van der Waals surface area (Å²) in [5.41, 5.74) is 0.931. The monoisotopic (exact) mass is 422 g/mol. The van der Waals surface area contributed by atoms with Crippen LogP contribution in [-0.2, 0) is 15.1 Å². The van der Waals surface area contributed by atoms with E-state index < -0.39 is 17.4 Å². The van der Waals surface area contributed by atoms with E-state index in [0.29, 0.717) is 52.9 Å². The summed E-state index contributed by atoms with van der Waals surface area (Å²) in [5.74, 6) is -1.28. The van der Waals surface area contributed by atoms with Crippen molar-refractivity contribution >= 4 is 17.6 Å². The first-order valence-corrected chi connectivity index (χ1v) is 10.0. The Hall–Kier alpha value is -3.75. The third kappa shape index (κ3) is 3.31. The average molecular weight is 422 g/mol. The molecule has 2 aliphatic rings. The van der Waals surface area contributed by atoms with Crippen molar-refractivity contribution in [2.45, 2.75) is 31.3 Å². The summed E-state index contributed by atoms with van der Waals surface area (Å²) < 4.78 is 21.6. The number of halogens is 1. The smallest absolute Gasteiger partial charge is 0.339 e. The molecule has 0 radical (unpaired) electrons. The van der Waals surface area contributed by atoms with Crippen molar-refractivity contribution < 1.29 is 23.4 Å². The number of hydrogen-bond acceptors (Lipinski definition) is 5. The number of pyridine rings is 1. The number of carbonyl (C=O) groups excluding carboxylic acids is 2. The minimum Gasteiger partial charge on any atom is -0.619 e. The molecule has 1 N–H and O–H groups in total. The quantitative estimate of drug-likeness (QED) is 0.397. The number of rotatable bonds is 3. The highest BCUT2D eigenvalue weighted by Crippen LogP contribution is 2.47. The molecule has 2 aromatic heterocycles. The van der Waals surface area contributed by atoms with Crippen LogP contribution in [0.15, 0.2) is 55.1 Å². The Balaban J connectivity index is 1.26. The summed E-state index contributed by atoms with van der Waals surface area (Å²) in [5, 5.41) is 18.7. The molecule has 1 saturated carbocycles. The van der Waals surface area contributed by atoms with Gasteiger partial charge in [-0.1, -0.05) is 12.1 Å². The number of nitrogens with zero attached hydrogens (tertiary/aromatic N) is 3. The Morgan fingerprint density at radius 2 is 2.06 bits per heavy atom. The molecule has 1 amide bonds. The lowest BCUT2D eigenvalue weighted by Gasteiger charge is -2.35. The van der Waals surface area contributed by atoms with E-state index >= 15 is 0 Å². The zero-order valence-corrected chi connectivity index (χ0v) is 16.5. The Bertz CT molecular complexity index is 1180. The van der Waals surface area contributed by atoms with Gasteiger partial charge in [0.15, 0.2) is 12.4 Å². The van der Waals surface area contributed by atoms with Crippen molar-refractivity contribution in [3.05, 3.63) is 77.3 Å². The molecular weight excluding hydrogens is 403 g/mol. The van der Waals surface area contributed by atoms with E-state index in [-0.39, 0.29) is 11.8 Å². The minimum atomic E-state index is -0.841. The van der Waals surface area contributed by atoms with Gasteiger partial charge in [0.25, 0.3) is 0 Å². The normalized spacial score (nSPS) is 22.2. The molecule has 0 saturated heterocycles. The summed E-state index contributed by atoms with van der Waals surface area (Å²) >= 11 is 0. The Morgan fingerprint density at radius 3 is 2.84 bits per heavy atom. The van der Waals surface area contributed by atoms with Gasteiger partial charge in [-0.3, -0.25) is 4.79 Å². The fourth-order valence-electron chi connectivity index (χ4n) is 4.42. The maximum absolute atomic E-state index is 13.9. The summed E-state index contributed by atoms with van der Waals surface area (Å²) in [4.78, 5) is 25.0. The summed E-state index contributed by atoms with van der Waals surface area (Å²) in [6.45, 7) is 0. The lowest BCUT2D eigenvalue weighted by Crippen LogP contribution is -2.37. The Kier molecular flexibility index (Phi) is 4.46. The van der Waals surface area contributed by atoms with E-state index in [9.17, 15) is 19.2 Å². The number of anilines is 1. The van der Waals surface area contributed by atoms with Crippen LogP contribution in [0.4, 0.5) is 10.1 Å². The number of esters is 1. The van der Waals surface area contributed by atoms with Gasteiger partial charge in [0.05, 0.1) is 29.2 Å². The second-order valence-electron chi connectivity index (χ2n) is 7.90. The molecule has 3 heterocycles. The number of aromatic nitrogens is 3. The summed E-state index contributed by atoms with van der Waals surface area (Å²) in [6.07, 6.45) is 7.63. The fourth-order valence-corrected chi connectivity index (χ4v) is 4.42. The first-order chi connectivity index (χ1) is 14.9. The molecule has 31 heavy (non-hydrogen) atoms. The van der Waals surface area contributed by atoms with E-state index in [1.807, 2.05) is 0 Å². The zero-order valence-electron chi connectivity index (χ0n) is 16.5. The third-order valence-corrected chi connectivity index (χ3v) is 6.05. The summed E-state index contributed by atoms with van der Waals surface area (Å²) in [6, 6.07) is 7.72. The molecule has 1 fully saturated rings. The van der Waals surface area contributed by atoms with Crippen LogP contribution in [0.1, 0.15) is 41.6 Å². The topological polar surface area (TPSA) is 100 Å². The van der Waals surface area contributed by atoms with Crippen molar-refractivity contribution in [3.8, 4) is 5.69 Å². The van der Waals surface area contributed by atoms with Crippen molar-refractivity contribution in [2.75, 3.05) is 5.32 Å². The molecule has 8 nitrogen and oxygen atoms in total. The maximum Gasteiger partial charge on any atom is 0.339 e. The van der Waals surface area contributed by atoms with Gasteiger partial charge in [-0.05, 0) is 37.8 Å². The molecule has 158 valence electrons. The number of hydrogen-bond donors (Lipinski definition) is 1. The van der Waals surface area contributed by atoms with E-state index in [1.165, 1.54) is 35.4 Å². The molecule has 1 aliphatic carbocycles. The molecule has 9 heteroatoms. The Morgan fingerprint density at radius 1 is 1.29 bits per heavy atom. The molecule has 5 rings (SSSR count). The fraction of sp³-hybridized carbons (Fsp3) is 0.273. The molecule has 0 atom stereocenters. The standard InChI is InChI=1S/C22H19FN4O4/c23-18-3-1-2-4-19(18)27-12-15(11-24-27)25-20(28)14-5-8-22(9-6-14)17-13-26(30)10-7-16(17)21(29)31-22/h1-4,7,10-14H,5-6,8-9H2,(H,25,28). The van der Waals surface area contributed by atoms with Crippen molar-refractivity contribution in [1.82, 2.24) is 9.78 Å². The second kappa shape index (κ2) is 7.19. The van der Waals surface area contributed by atoms with Gasteiger partial charge >= 0.3 is 5.97 Å². The lowest BCUT2D eigenvalue weighted by molar-refractivity contribution is -0.606. The number of benzene rings is 1. The van der Waals surface area contributed by atoms with Gasteiger partial charge in [-0.25, -0.2) is 13.9 Å². The SMILES string of the molecule is O=C1OC2(CCC(C(=O)Nc3cnn(-c4ccccc4F)c3)CC2)c2c[n+]([O-])ccc21. The third-order valence-electron chi connectivity index (χ3n) is 6.05. The van der Waals surface area contributed by atoms with Gasteiger partial charge in [0.2, 0.25) is 5.91 Å². The van der Waals surface area contributed by atoms with Gasteiger partial charge in [0, 0.05) is 12.0 Å². The summed E-state index contributed by atoms with van der Waals surface area (Å²) in [7, 11) is 0. The van der Waals surface area contributed by atoms with Gasteiger partial charge in [0.1, 0.15) is 17.1 Å². The van der Waals surface area contributed by atoms with Crippen LogP contribution >= 0.6 is 0 Å². The molecular formula is C22H19FN4O4. The zero-order chi connectivity index (χ0) is 21.6. The number of carbonyl (C=O) groups is 2. The minimum absolute atomic E-state index is 0.167. The number of amides is 1.